The van der Waals surface area contributed by atoms with E-state index in [4.69, 9.17) is 0 Å². The van der Waals surface area contributed by atoms with Gasteiger partial charge in [0.2, 0.25) is 0 Å². The molecular weight excluding hydrogens is 388 g/mol. The second kappa shape index (κ2) is 8.71. The van der Waals surface area contributed by atoms with Crippen LogP contribution in [0.15, 0.2) is 56.8 Å². The number of hydrazone groups is 1. The molecule has 3 aromatic rings. The van der Waals surface area contributed by atoms with Gasteiger partial charge >= 0.3 is 0 Å². The van der Waals surface area contributed by atoms with Crippen LogP contribution >= 0.6 is 23.1 Å². The molecule has 0 aliphatic rings. The third-order valence-corrected chi connectivity index (χ3v) is 5.49. The van der Waals surface area contributed by atoms with E-state index in [2.05, 4.69) is 20.2 Å². The Hall–Kier alpha value is -2.82. The van der Waals surface area contributed by atoms with E-state index in [0.717, 1.165) is 14.6 Å². The van der Waals surface area contributed by atoms with Gasteiger partial charge < -0.3 is 4.74 Å². The van der Waals surface area contributed by atoms with Gasteiger partial charge in [0.15, 0.2) is 4.34 Å². The van der Waals surface area contributed by atoms with E-state index in [9.17, 15) is 14.9 Å². The summed E-state index contributed by atoms with van der Waals surface area (Å²) in [5.74, 6) is -0.411. The summed E-state index contributed by atoms with van der Waals surface area (Å²) in [6.07, 6.45) is 1.34. The Morgan fingerprint density at radius 2 is 2.22 bits per heavy atom. The average Bonchev–Trinajstić information content (AvgIpc) is 3.05. The van der Waals surface area contributed by atoms with Crippen molar-refractivity contribution in [3.63, 3.8) is 0 Å². The number of para-hydroxylation sites is 1. The number of methoxy groups -OCH3 is 1. The van der Waals surface area contributed by atoms with Crippen molar-refractivity contribution in [2.75, 3.05) is 13.7 Å². The Morgan fingerprint density at radius 3 is 2.96 bits per heavy atom. The topological polar surface area (TPSA) is 107 Å². The van der Waals surface area contributed by atoms with Crippen LogP contribution in [0.3, 0.4) is 0 Å². The molecule has 8 nitrogen and oxygen atoms in total. The molecular formula is C17H14N4O4S2. The molecule has 1 heterocycles. The molecule has 2 aromatic carbocycles. The van der Waals surface area contributed by atoms with Crippen LogP contribution in [0, 0.1) is 10.1 Å². The highest BCUT2D eigenvalue weighted by atomic mass is 32.2. The quantitative estimate of drug-likeness (QED) is 0.368. The van der Waals surface area contributed by atoms with Crippen LogP contribution in [0.4, 0.5) is 5.69 Å². The predicted molar refractivity (Wildman–Crippen MR) is 104 cm³/mol. The monoisotopic (exact) mass is 402 g/mol. The van der Waals surface area contributed by atoms with E-state index in [1.165, 1.54) is 42.5 Å². The number of thiazole rings is 1. The minimum Gasteiger partial charge on any atom is -0.375 e. The molecule has 27 heavy (non-hydrogen) atoms. The van der Waals surface area contributed by atoms with Gasteiger partial charge in [-0.25, -0.2) is 10.4 Å². The number of rotatable bonds is 7. The zero-order valence-electron chi connectivity index (χ0n) is 14.1. The number of fused-ring (bicyclic) bond motifs is 1. The van der Waals surface area contributed by atoms with Gasteiger partial charge in [-0.05, 0) is 18.2 Å². The molecule has 0 aliphatic heterocycles. The predicted octanol–water partition coefficient (Wildman–Crippen LogP) is 3.45. The summed E-state index contributed by atoms with van der Waals surface area (Å²) in [6.45, 7) is -0.116. The third-order valence-electron chi connectivity index (χ3n) is 3.33. The number of nitro benzene ring substituents is 1. The van der Waals surface area contributed by atoms with E-state index < -0.39 is 10.8 Å². The second-order valence-electron chi connectivity index (χ2n) is 5.26. The van der Waals surface area contributed by atoms with Crippen molar-refractivity contribution in [2.45, 2.75) is 9.24 Å². The minimum atomic E-state index is -0.448. The van der Waals surface area contributed by atoms with Crippen LogP contribution in [0.5, 0.6) is 0 Å². The lowest BCUT2D eigenvalue weighted by Crippen LogP contribution is -2.22. The van der Waals surface area contributed by atoms with Gasteiger partial charge in [-0.1, -0.05) is 30.0 Å². The SMILES string of the molecule is COCC(=O)N/N=C/c1ccc(Sc2nc3ccccc3s2)c([N+](=O)[O-])c1. The molecule has 0 aliphatic carbocycles. The molecule has 0 saturated carbocycles. The Bertz CT molecular complexity index is 986. The fourth-order valence-corrected chi connectivity index (χ4v) is 4.28. The molecule has 0 unspecified atom stereocenters. The number of aromatic nitrogens is 1. The molecule has 0 saturated heterocycles. The number of nitrogens with one attached hydrogen (secondary N) is 1. The lowest BCUT2D eigenvalue weighted by Gasteiger charge is -2.02. The van der Waals surface area contributed by atoms with E-state index in [0.29, 0.717) is 10.5 Å². The number of benzene rings is 2. The summed E-state index contributed by atoms with van der Waals surface area (Å²) >= 11 is 2.73. The van der Waals surface area contributed by atoms with E-state index >= 15 is 0 Å². The molecule has 0 bridgehead atoms. The number of nitro groups is 1. The van der Waals surface area contributed by atoms with Gasteiger partial charge in [-0.15, -0.1) is 11.3 Å². The average molecular weight is 402 g/mol. The minimum absolute atomic E-state index is 0.0496. The summed E-state index contributed by atoms with van der Waals surface area (Å²) < 4.78 is 6.42. The Balaban J connectivity index is 1.80. The van der Waals surface area contributed by atoms with Gasteiger partial charge in [0.1, 0.15) is 6.61 Å². The maximum Gasteiger partial charge on any atom is 0.283 e. The Kier molecular flexibility index (Phi) is 6.12. The van der Waals surface area contributed by atoms with Gasteiger partial charge in [0.25, 0.3) is 11.6 Å². The zero-order valence-corrected chi connectivity index (χ0v) is 15.8. The van der Waals surface area contributed by atoms with Crippen molar-refractivity contribution in [3.05, 3.63) is 58.1 Å². The van der Waals surface area contributed by atoms with Gasteiger partial charge in [0, 0.05) is 18.7 Å². The molecule has 1 N–H and O–H groups in total. The summed E-state index contributed by atoms with van der Waals surface area (Å²) in [4.78, 5) is 27.2. The highest BCUT2D eigenvalue weighted by Crippen LogP contribution is 2.38. The molecule has 138 valence electrons. The lowest BCUT2D eigenvalue weighted by atomic mass is 10.2. The normalized spacial score (nSPS) is 11.1. The number of carbonyl (C=O) groups is 1. The van der Waals surface area contributed by atoms with Crippen molar-refractivity contribution in [2.24, 2.45) is 5.10 Å². The smallest absolute Gasteiger partial charge is 0.283 e. The molecule has 1 amide bonds. The molecule has 0 fully saturated rings. The molecule has 3 rings (SSSR count). The Morgan fingerprint density at radius 1 is 1.41 bits per heavy atom. The van der Waals surface area contributed by atoms with E-state index in [1.54, 1.807) is 12.1 Å². The number of ether oxygens (including phenoxy) is 1. The summed E-state index contributed by atoms with van der Waals surface area (Å²) in [5.41, 5.74) is 3.58. The molecule has 0 radical (unpaired) electrons. The summed E-state index contributed by atoms with van der Waals surface area (Å²) in [7, 11) is 1.40. The first kappa shape index (κ1) is 19.0. The van der Waals surface area contributed by atoms with Gasteiger partial charge in [0.05, 0.1) is 26.3 Å². The van der Waals surface area contributed by atoms with Crippen LogP contribution in [0.25, 0.3) is 10.2 Å². The maximum atomic E-state index is 11.4. The number of hydrogen-bond donors (Lipinski definition) is 1. The van der Waals surface area contributed by atoms with Crippen LogP contribution in [0.2, 0.25) is 0 Å². The van der Waals surface area contributed by atoms with E-state index in [-0.39, 0.29) is 12.3 Å². The lowest BCUT2D eigenvalue weighted by molar-refractivity contribution is -0.387. The molecule has 0 atom stereocenters. The van der Waals surface area contributed by atoms with Crippen LogP contribution < -0.4 is 5.43 Å². The van der Waals surface area contributed by atoms with Gasteiger partial charge in [-0.2, -0.15) is 5.10 Å². The summed E-state index contributed by atoms with van der Waals surface area (Å²) in [6, 6.07) is 12.4. The second-order valence-corrected chi connectivity index (χ2v) is 7.58. The number of hydrogen-bond acceptors (Lipinski definition) is 8. The standard InChI is InChI=1S/C17H14N4O4S2/c1-25-10-16(22)20-18-9-11-6-7-15(13(8-11)21(23)24)27-17-19-12-4-2-3-5-14(12)26-17/h2-9H,10H2,1H3,(H,20,22)/b18-9+. The number of amides is 1. The first-order valence-corrected chi connectivity index (χ1v) is 9.33. The van der Waals surface area contributed by atoms with E-state index in [1.807, 2.05) is 24.3 Å². The van der Waals surface area contributed by atoms with Crippen molar-refractivity contribution >= 4 is 51.1 Å². The van der Waals surface area contributed by atoms with Crippen molar-refractivity contribution in [1.29, 1.82) is 0 Å². The molecule has 1 aromatic heterocycles. The van der Waals surface area contributed by atoms with Gasteiger partial charge in [-0.3, -0.25) is 14.9 Å². The number of nitrogens with zero attached hydrogens (tertiary/aromatic N) is 3. The molecule has 0 spiro atoms. The van der Waals surface area contributed by atoms with Crippen molar-refractivity contribution in [1.82, 2.24) is 10.4 Å². The molecule has 10 heteroatoms. The van der Waals surface area contributed by atoms with Crippen LogP contribution in [-0.2, 0) is 9.53 Å². The van der Waals surface area contributed by atoms with Crippen LogP contribution in [-0.4, -0.2) is 35.7 Å². The first-order chi connectivity index (χ1) is 13.1. The maximum absolute atomic E-state index is 11.4. The first-order valence-electron chi connectivity index (χ1n) is 7.69. The Labute approximate surface area is 162 Å². The largest absolute Gasteiger partial charge is 0.375 e. The third kappa shape index (κ3) is 4.88. The fourth-order valence-electron chi connectivity index (χ4n) is 2.17. The van der Waals surface area contributed by atoms with Crippen LogP contribution in [0.1, 0.15) is 5.56 Å². The number of carbonyl (C=O) groups excluding carboxylic acids is 1. The highest BCUT2D eigenvalue weighted by molar-refractivity contribution is 8.01. The highest BCUT2D eigenvalue weighted by Gasteiger charge is 2.17. The van der Waals surface area contributed by atoms with Crippen molar-refractivity contribution in [3.8, 4) is 0 Å². The summed E-state index contributed by atoms with van der Waals surface area (Å²) in [5, 5.41) is 15.2. The van der Waals surface area contributed by atoms with Crippen molar-refractivity contribution < 1.29 is 14.5 Å². The fraction of sp³-hybridized carbons (Fsp3) is 0.118. The zero-order chi connectivity index (χ0) is 19.2.